The van der Waals surface area contributed by atoms with Crippen LogP contribution >= 0.6 is 0 Å². The molecule has 7 nitrogen and oxygen atoms in total. The Kier molecular flexibility index (Phi) is 4.40. The molecule has 0 radical (unpaired) electrons. The molecule has 118 valence electrons. The summed E-state index contributed by atoms with van der Waals surface area (Å²) in [6.07, 6.45) is 1.49. The first-order chi connectivity index (χ1) is 9.77. The van der Waals surface area contributed by atoms with Gasteiger partial charge in [0.25, 0.3) is 5.91 Å². The van der Waals surface area contributed by atoms with Crippen molar-refractivity contribution in [3.8, 4) is 0 Å². The molecular formula is C13H22N4O3S. The maximum atomic E-state index is 12.8. The van der Waals surface area contributed by atoms with E-state index in [9.17, 15) is 13.2 Å². The Balaban J connectivity index is 2.37. The summed E-state index contributed by atoms with van der Waals surface area (Å²) in [6.45, 7) is 4.87. The molecule has 21 heavy (non-hydrogen) atoms. The number of aromatic nitrogens is 1. The SMILES string of the molecule is CNC(=O)c1cc(S(=O)(=O)N2CC(C)NCC2C)cn1C. The Morgan fingerprint density at radius 3 is 2.71 bits per heavy atom. The Bertz CT molecular complexity index is 638. The van der Waals surface area contributed by atoms with Gasteiger partial charge in [-0.2, -0.15) is 4.31 Å². The number of nitrogens with zero attached hydrogens (tertiary/aromatic N) is 2. The van der Waals surface area contributed by atoms with Crippen molar-refractivity contribution in [2.24, 2.45) is 7.05 Å². The summed E-state index contributed by atoms with van der Waals surface area (Å²) in [6, 6.07) is 1.42. The van der Waals surface area contributed by atoms with E-state index < -0.39 is 10.0 Å². The molecule has 2 heterocycles. The van der Waals surface area contributed by atoms with Gasteiger partial charge in [0, 0.05) is 45.5 Å². The van der Waals surface area contributed by atoms with E-state index >= 15 is 0 Å². The van der Waals surface area contributed by atoms with Crippen molar-refractivity contribution < 1.29 is 13.2 Å². The smallest absolute Gasteiger partial charge is 0.267 e. The van der Waals surface area contributed by atoms with Gasteiger partial charge >= 0.3 is 0 Å². The molecule has 0 aliphatic carbocycles. The van der Waals surface area contributed by atoms with Gasteiger partial charge in [-0.25, -0.2) is 8.42 Å². The highest BCUT2D eigenvalue weighted by atomic mass is 32.2. The molecule has 0 aromatic carbocycles. The number of hydrogen-bond donors (Lipinski definition) is 2. The predicted octanol–water partition coefficient (Wildman–Crippen LogP) is -0.244. The van der Waals surface area contributed by atoms with Gasteiger partial charge in [-0.15, -0.1) is 0 Å². The zero-order valence-electron chi connectivity index (χ0n) is 12.8. The molecular weight excluding hydrogens is 292 g/mol. The van der Waals surface area contributed by atoms with E-state index in [1.165, 1.54) is 28.2 Å². The number of aryl methyl sites for hydroxylation is 1. The lowest BCUT2D eigenvalue weighted by atomic mass is 10.2. The zero-order valence-corrected chi connectivity index (χ0v) is 13.6. The summed E-state index contributed by atoms with van der Waals surface area (Å²) in [4.78, 5) is 11.9. The van der Waals surface area contributed by atoms with Crippen molar-refractivity contribution in [3.63, 3.8) is 0 Å². The van der Waals surface area contributed by atoms with Crippen LogP contribution in [0.3, 0.4) is 0 Å². The molecule has 1 saturated heterocycles. The van der Waals surface area contributed by atoms with Crippen LogP contribution in [-0.2, 0) is 17.1 Å². The number of hydrogen-bond acceptors (Lipinski definition) is 4. The summed E-state index contributed by atoms with van der Waals surface area (Å²) in [5.74, 6) is -0.305. The summed E-state index contributed by atoms with van der Waals surface area (Å²) in [5.41, 5.74) is 0.326. The summed E-state index contributed by atoms with van der Waals surface area (Å²) in [5, 5.41) is 5.76. The maximum absolute atomic E-state index is 12.8. The standard InChI is InChI=1S/C13H22N4O3S/c1-9-7-17(10(2)6-15-9)21(19,20)11-5-12(13(18)14-3)16(4)8-11/h5,8-10,15H,6-7H2,1-4H3,(H,14,18). The van der Waals surface area contributed by atoms with Crippen LogP contribution in [-0.4, -0.2) is 55.4 Å². The molecule has 0 saturated carbocycles. The molecule has 2 N–H and O–H groups in total. The monoisotopic (exact) mass is 314 g/mol. The molecule has 1 aliphatic heterocycles. The maximum Gasteiger partial charge on any atom is 0.267 e. The average molecular weight is 314 g/mol. The molecule has 1 amide bonds. The van der Waals surface area contributed by atoms with E-state index in [1.807, 2.05) is 13.8 Å². The van der Waals surface area contributed by atoms with Crippen molar-refractivity contribution in [1.29, 1.82) is 0 Å². The Morgan fingerprint density at radius 2 is 2.10 bits per heavy atom. The minimum absolute atomic E-state index is 0.109. The van der Waals surface area contributed by atoms with E-state index in [-0.39, 0.29) is 22.9 Å². The number of sulfonamides is 1. The van der Waals surface area contributed by atoms with E-state index in [1.54, 1.807) is 7.05 Å². The normalized spacial score (nSPS) is 24.0. The molecule has 2 unspecified atom stereocenters. The molecule has 1 aliphatic rings. The average Bonchev–Trinajstić information content (AvgIpc) is 2.83. The van der Waals surface area contributed by atoms with E-state index in [0.29, 0.717) is 18.8 Å². The van der Waals surface area contributed by atoms with Gasteiger partial charge in [0.15, 0.2) is 0 Å². The number of amides is 1. The van der Waals surface area contributed by atoms with Gasteiger partial charge < -0.3 is 15.2 Å². The molecule has 1 fully saturated rings. The van der Waals surface area contributed by atoms with Crippen LogP contribution < -0.4 is 10.6 Å². The van der Waals surface area contributed by atoms with Gasteiger partial charge in [-0.05, 0) is 19.9 Å². The molecule has 2 atom stereocenters. The fourth-order valence-corrected chi connectivity index (χ4v) is 4.28. The number of nitrogens with one attached hydrogen (secondary N) is 2. The van der Waals surface area contributed by atoms with Crippen molar-refractivity contribution in [3.05, 3.63) is 18.0 Å². The van der Waals surface area contributed by atoms with Gasteiger partial charge in [0.2, 0.25) is 10.0 Å². The Morgan fingerprint density at radius 1 is 1.43 bits per heavy atom. The first-order valence-electron chi connectivity index (χ1n) is 6.91. The fourth-order valence-electron chi connectivity index (χ4n) is 2.49. The zero-order chi connectivity index (χ0) is 15.8. The second-order valence-electron chi connectivity index (χ2n) is 5.48. The molecule has 1 aromatic heterocycles. The largest absolute Gasteiger partial charge is 0.354 e. The first kappa shape index (κ1) is 16.0. The second-order valence-corrected chi connectivity index (χ2v) is 7.37. The minimum Gasteiger partial charge on any atom is -0.354 e. The van der Waals surface area contributed by atoms with Crippen LogP contribution in [0.5, 0.6) is 0 Å². The lowest BCUT2D eigenvalue weighted by Crippen LogP contribution is -2.56. The predicted molar refractivity (Wildman–Crippen MR) is 79.6 cm³/mol. The molecule has 8 heteroatoms. The number of piperazine rings is 1. The second kappa shape index (κ2) is 5.78. The number of rotatable bonds is 3. The molecule has 1 aromatic rings. The van der Waals surface area contributed by atoms with Crippen molar-refractivity contribution in [1.82, 2.24) is 19.5 Å². The third-order valence-corrected chi connectivity index (χ3v) is 5.70. The number of carbonyl (C=O) groups excluding carboxylic acids is 1. The van der Waals surface area contributed by atoms with Gasteiger partial charge in [0.05, 0.1) is 0 Å². The van der Waals surface area contributed by atoms with Gasteiger partial charge in [0.1, 0.15) is 10.6 Å². The van der Waals surface area contributed by atoms with E-state index in [0.717, 1.165) is 0 Å². The van der Waals surface area contributed by atoms with Crippen LogP contribution in [0.4, 0.5) is 0 Å². The van der Waals surface area contributed by atoms with Crippen LogP contribution in [0, 0.1) is 0 Å². The summed E-state index contributed by atoms with van der Waals surface area (Å²) < 4.78 is 28.6. The van der Waals surface area contributed by atoms with Gasteiger partial charge in [-0.1, -0.05) is 0 Å². The Hall–Kier alpha value is -1.38. The third kappa shape index (κ3) is 2.97. The topological polar surface area (TPSA) is 83.4 Å². The van der Waals surface area contributed by atoms with Crippen molar-refractivity contribution in [2.45, 2.75) is 30.8 Å². The highest BCUT2D eigenvalue weighted by Gasteiger charge is 2.34. The van der Waals surface area contributed by atoms with Crippen LogP contribution in [0.2, 0.25) is 0 Å². The lowest BCUT2D eigenvalue weighted by Gasteiger charge is -2.36. The van der Waals surface area contributed by atoms with Crippen molar-refractivity contribution in [2.75, 3.05) is 20.1 Å². The summed E-state index contributed by atoms with van der Waals surface area (Å²) in [7, 11) is -0.417. The molecule has 2 rings (SSSR count). The van der Waals surface area contributed by atoms with Gasteiger partial charge in [-0.3, -0.25) is 4.79 Å². The van der Waals surface area contributed by atoms with Crippen LogP contribution in [0.25, 0.3) is 0 Å². The van der Waals surface area contributed by atoms with Crippen LogP contribution in [0.1, 0.15) is 24.3 Å². The quantitative estimate of drug-likeness (QED) is 0.806. The Labute approximate surface area is 125 Å². The summed E-state index contributed by atoms with van der Waals surface area (Å²) >= 11 is 0. The number of carbonyl (C=O) groups is 1. The molecule has 0 bridgehead atoms. The highest BCUT2D eigenvalue weighted by Crippen LogP contribution is 2.22. The van der Waals surface area contributed by atoms with Crippen LogP contribution in [0.15, 0.2) is 17.2 Å². The minimum atomic E-state index is -3.60. The van der Waals surface area contributed by atoms with E-state index in [4.69, 9.17) is 0 Å². The van der Waals surface area contributed by atoms with Crippen molar-refractivity contribution >= 4 is 15.9 Å². The lowest BCUT2D eigenvalue weighted by molar-refractivity contribution is 0.0955. The first-order valence-corrected chi connectivity index (χ1v) is 8.35. The fraction of sp³-hybridized carbons (Fsp3) is 0.615. The third-order valence-electron chi connectivity index (χ3n) is 3.75. The molecule has 0 spiro atoms. The van der Waals surface area contributed by atoms with E-state index in [2.05, 4.69) is 10.6 Å². The highest BCUT2D eigenvalue weighted by molar-refractivity contribution is 7.89.